The van der Waals surface area contributed by atoms with Gasteiger partial charge in [-0.1, -0.05) is 17.3 Å². The van der Waals surface area contributed by atoms with Gasteiger partial charge >= 0.3 is 5.97 Å². The summed E-state index contributed by atoms with van der Waals surface area (Å²) in [5.41, 5.74) is 5.02. The van der Waals surface area contributed by atoms with Crippen molar-refractivity contribution < 1.29 is 14.1 Å². The molecular formula is C28H33N5O3. The average Bonchev–Trinajstić information content (AvgIpc) is 3.48. The van der Waals surface area contributed by atoms with Gasteiger partial charge in [-0.3, -0.25) is 14.4 Å². The van der Waals surface area contributed by atoms with Crippen LogP contribution in [-0.2, 0) is 22.5 Å². The Kier molecular flexibility index (Phi) is 6.38. The lowest BCUT2D eigenvalue weighted by Gasteiger charge is -2.29. The molecule has 0 spiro atoms. The fourth-order valence-corrected chi connectivity index (χ4v) is 4.64. The SMILES string of the molecule is CC(C)n1ncc2cc(-c3nc(-c4ccc5c(c4)CCN(CCC(=O)OC(C)(C)C)C5)no3)ccc21. The zero-order valence-electron chi connectivity index (χ0n) is 21.6. The Labute approximate surface area is 211 Å². The number of esters is 1. The third-order valence-corrected chi connectivity index (χ3v) is 6.37. The summed E-state index contributed by atoms with van der Waals surface area (Å²) in [5.74, 6) is 0.929. The summed E-state index contributed by atoms with van der Waals surface area (Å²) in [6, 6.07) is 12.7. The Bertz CT molecular complexity index is 1400. The predicted octanol–water partition coefficient (Wildman–Crippen LogP) is 5.42. The monoisotopic (exact) mass is 487 g/mol. The van der Waals surface area contributed by atoms with Gasteiger partial charge in [-0.2, -0.15) is 10.1 Å². The van der Waals surface area contributed by atoms with Crippen molar-refractivity contribution in [3.63, 3.8) is 0 Å². The van der Waals surface area contributed by atoms with Crippen molar-refractivity contribution >= 4 is 16.9 Å². The Balaban J connectivity index is 1.27. The molecule has 0 saturated carbocycles. The van der Waals surface area contributed by atoms with Crippen LogP contribution in [0.25, 0.3) is 33.7 Å². The number of benzene rings is 2. The van der Waals surface area contributed by atoms with Crippen LogP contribution >= 0.6 is 0 Å². The number of carbonyl (C=O) groups excluding carboxylic acids is 1. The summed E-state index contributed by atoms with van der Waals surface area (Å²) < 4.78 is 13.1. The second kappa shape index (κ2) is 9.50. The van der Waals surface area contributed by atoms with E-state index < -0.39 is 5.60 Å². The average molecular weight is 488 g/mol. The molecule has 3 heterocycles. The minimum Gasteiger partial charge on any atom is -0.460 e. The number of ether oxygens (including phenoxy) is 1. The van der Waals surface area contributed by atoms with Crippen molar-refractivity contribution in [2.75, 3.05) is 13.1 Å². The first-order chi connectivity index (χ1) is 17.2. The molecule has 0 fully saturated rings. The van der Waals surface area contributed by atoms with E-state index in [9.17, 15) is 4.79 Å². The van der Waals surface area contributed by atoms with Crippen LogP contribution in [0.2, 0.25) is 0 Å². The standard InChI is InChI=1S/C28H33N5O3/c1-18(2)33-24-9-8-21(15-23(24)16-29-33)27-30-26(31-36-27)20-6-7-22-17-32(12-10-19(22)14-20)13-11-25(34)35-28(3,4)5/h6-9,14-16,18H,10-13,17H2,1-5H3. The van der Waals surface area contributed by atoms with E-state index in [1.54, 1.807) is 0 Å². The summed E-state index contributed by atoms with van der Waals surface area (Å²) in [6.07, 6.45) is 3.19. The molecule has 0 aliphatic carbocycles. The molecule has 0 amide bonds. The van der Waals surface area contributed by atoms with Gasteiger partial charge in [0.05, 0.1) is 18.1 Å². The number of aromatic nitrogens is 4. The second-order valence-corrected chi connectivity index (χ2v) is 10.7. The van der Waals surface area contributed by atoms with Gasteiger partial charge < -0.3 is 9.26 Å². The van der Waals surface area contributed by atoms with Gasteiger partial charge in [-0.15, -0.1) is 0 Å². The smallest absolute Gasteiger partial charge is 0.307 e. The van der Waals surface area contributed by atoms with E-state index in [1.807, 2.05) is 49.8 Å². The number of nitrogens with zero attached hydrogens (tertiary/aromatic N) is 5. The van der Waals surface area contributed by atoms with Crippen LogP contribution in [0, 0.1) is 0 Å². The van der Waals surface area contributed by atoms with E-state index in [-0.39, 0.29) is 5.97 Å². The highest BCUT2D eigenvalue weighted by Gasteiger charge is 2.21. The first-order valence-corrected chi connectivity index (χ1v) is 12.5. The molecule has 1 aliphatic heterocycles. The zero-order valence-corrected chi connectivity index (χ0v) is 21.6. The summed E-state index contributed by atoms with van der Waals surface area (Å²) in [4.78, 5) is 19.0. The molecule has 0 saturated heterocycles. The molecule has 5 rings (SSSR count). The van der Waals surface area contributed by atoms with Crippen LogP contribution in [0.1, 0.15) is 58.2 Å². The minimum atomic E-state index is -0.444. The molecule has 8 nitrogen and oxygen atoms in total. The van der Waals surface area contributed by atoms with E-state index in [0.29, 0.717) is 30.7 Å². The second-order valence-electron chi connectivity index (χ2n) is 10.7. The third-order valence-electron chi connectivity index (χ3n) is 6.37. The highest BCUT2D eigenvalue weighted by Crippen LogP contribution is 2.29. The third kappa shape index (κ3) is 5.18. The van der Waals surface area contributed by atoms with Gasteiger partial charge in [0.25, 0.3) is 5.89 Å². The van der Waals surface area contributed by atoms with Gasteiger partial charge in [0.1, 0.15) is 5.60 Å². The maximum absolute atomic E-state index is 12.1. The molecule has 0 bridgehead atoms. The summed E-state index contributed by atoms with van der Waals surface area (Å²) in [6.45, 7) is 12.3. The number of rotatable bonds is 6. The Morgan fingerprint density at radius 2 is 1.92 bits per heavy atom. The molecular weight excluding hydrogens is 454 g/mol. The van der Waals surface area contributed by atoms with Crippen LogP contribution in [0.4, 0.5) is 0 Å². The van der Waals surface area contributed by atoms with Gasteiger partial charge in [-0.05, 0) is 76.4 Å². The molecule has 8 heteroatoms. The van der Waals surface area contributed by atoms with E-state index in [1.165, 1.54) is 11.1 Å². The largest absolute Gasteiger partial charge is 0.460 e. The van der Waals surface area contributed by atoms with Crippen molar-refractivity contribution in [3.8, 4) is 22.8 Å². The molecule has 2 aromatic carbocycles. The van der Waals surface area contributed by atoms with Crippen LogP contribution in [-0.4, -0.2) is 49.5 Å². The van der Waals surface area contributed by atoms with Crippen LogP contribution in [0.15, 0.2) is 47.1 Å². The molecule has 188 valence electrons. The van der Waals surface area contributed by atoms with Gasteiger partial charge in [0, 0.05) is 42.2 Å². The Morgan fingerprint density at radius 1 is 1.11 bits per heavy atom. The fourth-order valence-electron chi connectivity index (χ4n) is 4.64. The van der Waals surface area contributed by atoms with Gasteiger partial charge in [0.15, 0.2) is 0 Å². The minimum absolute atomic E-state index is 0.149. The summed E-state index contributed by atoms with van der Waals surface area (Å²) in [5, 5.41) is 9.78. The first-order valence-electron chi connectivity index (χ1n) is 12.5. The Morgan fingerprint density at radius 3 is 2.69 bits per heavy atom. The highest BCUT2D eigenvalue weighted by molar-refractivity contribution is 5.83. The van der Waals surface area contributed by atoms with Crippen molar-refractivity contribution in [1.82, 2.24) is 24.8 Å². The van der Waals surface area contributed by atoms with Crippen molar-refractivity contribution in [3.05, 3.63) is 53.7 Å². The number of hydrogen-bond acceptors (Lipinski definition) is 7. The topological polar surface area (TPSA) is 86.3 Å². The lowest BCUT2D eigenvalue weighted by Crippen LogP contribution is -2.33. The number of hydrogen-bond donors (Lipinski definition) is 0. The molecule has 1 aliphatic rings. The first kappa shape index (κ1) is 24.2. The molecule has 0 atom stereocenters. The lowest BCUT2D eigenvalue weighted by molar-refractivity contribution is -0.155. The van der Waals surface area contributed by atoms with E-state index >= 15 is 0 Å². The number of carbonyl (C=O) groups is 1. The van der Waals surface area contributed by atoms with Crippen molar-refractivity contribution in [1.29, 1.82) is 0 Å². The van der Waals surface area contributed by atoms with Crippen molar-refractivity contribution in [2.24, 2.45) is 0 Å². The van der Waals surface area contributed by atoms with Crippen LogP contribution in [0.3, 0.4) is 0 Å². The van der Waals surface area contributed by atoms with Crippen LogP contribution < -0.4 is 0 Å². The molecule has 0 N–H and O–H groups in total. The van der Waals surface area contributed by atoms with Crippen molar-refractivity contribution in [2.45, 2.75) is 65.6 Å². The maximum atomic E-state index is 12.1. The quantitative estimate of drug-likeness (QED) is 0.336. The molecule has 4 aromatic rings. The molecule has 36 heavy (non-hydrogen) atoms. The predicted molar refractivity (Wildman–Crippen MR) is 138 cm³/mol. The van der Waals surface area contributed by atoms with Gasteiger partial charge in [-0.25, -0.2) is 0 Å². The summed E-state index contributed by atoms with van der Waals surface area (Å²) >= 11 is 0. The van der Waals surface area contributed by atoms with Crippen LogP contribution in [0.5, 0.6) is 0 Å². The fraction of sp³-hybridized carbons (Fsp3) is 0.429. The summed E-state index contributed by atoms with van der Waals surface area (Å²) in [7, 11) is 0. The molecule has 0 unspecified atom stereocenters. The maximum Gasteiger partial charge on any atom is 0.307 e. The Hall–Kier alpha value is -3.52. The molecule has 0 radical (unpaired) electrons. The normalized spacial score (nSPS) is 14.4. The molecule has 2 aromatic heterocycles. The van der Waals surface area contributed by atoms with E-state index in [0.717, 1.165) is 41.5 Å². The van der Waals surface area contributed by atoms with Gasteiger partial charge in [0.2, 0.25) is 5.82 Å². The number of fused-ring (bicyclic) bond motifs is 2. The highest BCUT2D eigenvalue weighted by atomic mass is 16.6. The van der Waals surface area contributed by atoms with E-state index in [4.69, 9.17) is 9.26 Å². The lowest BCUT2D eigenvalue weighted by atomic mass is 9.97. The van der Waals surface area contributed by atoms with E-state index in [2.05, 4.69) is 52.2 Å². The zero-order chi connectivity index (χ0) is 25.4.